The van der Waals surface area contributed by atoms with E-state index in [0.29, 0.717) is 63.6 Å². The minimum absolute atomic E-state index is 0.0571. The van der Waals surface area contributed by atoms with Gasteiger partial charge < -0.3 is 19.5 Å². The third-order valence-corrected chi connectivity index (χ3v) is 8.93. The molecule has 2 aliphatic heterocycles. The number of H-pyrrole nitrogens is 1. The van der Waals surface area contributed by atoms with Crippen molar-refractivity contribution in [3.8, 4) is 28.5 Å². The SMILES string of the molecule is CCc1[nH]nc2nc(-c3ccc(O)c(Cl)c3)c3c(F)cc(OCCN4CCC(N5CCCCC5)CC4)c(OC)c3c12. The lowest BCUT2D eigenvalue weighted by atomic mass is 9.98. The second kappa shape index (κ2) is 12.0. The van der Waals surface area contributed by atoms with Gasteiger partial charge in [0.05, 0.1) is 23.2 Å². The molecule has 218 valence electrons. The van der Waals surface area contributed by atoms with Gasteiger partial charge in [0, 0.05) is 40.7 Å². The molecule has 41 heavy (non-hydrogen) atoms. The molecule has 0 spiro atoms. The van der Waals surface area contributed by atoms with E-state index in [2.05, 4.69) is 20.0 Å². The molecule has 0 radical (unpaired) electrons. The van der Waals surface area contributed by atoms with Crippen molar-refractivity contribution in [2.75, 3.05) is 46.4 Å². The number of phenolic OH excluding ortho intramolecular Hbond substituents is 1. The fraction of sp³-hybridized carbons (Fsp3) is 0.484. The number of fused-ring (bicyclic) bond motifs is 3. The zero-order chi connectivity index (χ0) is 28.5. The average Bonchev–Trinajstić information content (AvgIpc) is 3.42. The summed E-state index contributed by atoms with van der Waals surface area (Å²) in [5, 5.41) is 19.1. The number of halogens is 2. The largest absolute Gasteiger partial charge is 0.506 e. The molecule has 2 aliphatic rings. The number of pyridine rings is 1. The molecule has 8 nitrogen and oxygen atoms in total. The van der Waals surface area contributed by atoms with Crippen molar-refractivity contribution in [2.24, 2.45) is 0 Å². The van der Waals surface area contributed by atoms with Crippen LogP contribution in [-0.2, 0) is 6.42 Å². The summed E-state index contributed by atoms with van der Waals surface area (Å²) in [6.07, 6.45) is 7.03. The van der Waals surface area contributed by atoms with E-state index < -0.39 is 5.82 Å². The minimum Gasteiger partial charge on any atom is -0.506 e. The Kier molecular flexibility index (Phi) is 8.19. The van der Waals surface area contributed by atoms with Crippen molar-refractivity contribution >= 4 is 33.4 Å². The number of hydrogen-bond acceptors (Lipinski definition) is 7. The summed E-state index contributed by atoms with van der Waals surface area (Å²) in [5.41, 5.74) is 2.20. The molecular weight excluding hydrogens is 545 g/mol. The van der Waals surface area contributed by atoms with Crippen LogP contribution in [0.3, 0.4) is 0 Å². The molecule has 4 aromatic rings. The zero-order valence-electron chi connectivity index (χ0n) is 23.7. The number of methoxy groups -OCH3 is 1. The van der Waals surface area contributed by atoms with Crippen LogP contribution in [0.25, 0.3) is 33.1 Å². The van der Waals surface area contributed by atoms with Crippen LogP contribution in [-0.4, -0.2) is 82.6 Å². The maximum atomic E-state index is 16.1. The van der Waals surface area contributed by atoms with Gasteiger partial charge in [0.1, 0.15) is 18.2 Å². The molecule has 0 amide bonds. The van der Waals surface area contributed by atoms with Crippen LogP contribution in [0.15, 0.2) is 24.3 Å². The third kappa shape index (κ3) is 5.43. The Hall–Kier alpha value is -3.14. The van der Waals surface area contributed by atoms with Gasteiger partial charge in [-0.3, -0.25) is 10.00 Å². The molecular formula is C31H37ClFN5O3. The summed E-state index contributed by atoms with van der Waals surface area (Å²) in [7, 11) is 1.57. The molecule has 0 aliphatic carbocycles. The number of benzene rings is 2. The number of rotatable bonds is 8. The normalized spacial score (nSPS) is 17.5. The van der Waals surface area contributed by atoms with E-state index in [1.807, 2.05) is 6.92 Å². The summed E-state index contributed by atoms with van der Waals surface area (Å²) in [5.74, 6) is 0.263. The maximum absolute atomic E-state index is 16.1. The van der Waals surface area contributed by atoms with Gasteiger partial charge in [-0.25, -0.2) is 9.37 Å². The number of aromatic nitrogens is 3. The number of phenols is 1. The Morgan fingerprint density at radius 3 is 2.56 bits per heavy atom. The Balaban J connectivity index is 1.29. The number of aromatic amines is 1. The van der Waals surface area contributed by atoms with Crippen LogP contribution in [0, 0.1) is 5.82 Å². The molecule has 0 atom stereocenters. The quantitative estimate of drug-likeness (QED) is 0.257. The van der Waals surface area contributed by atoms with E-state index >= 15 is 4.39 Å². The molecule has 10 heteroatoms. The van der Waals surface area contributed by atoms with Crippen LogP contribution in [0.4, 0.5) is 4.39 Å². The van der Waals surface area contributed by atoms with Gasteiger partial charge in [-0.2, -0.15) is 5.10 Å². The van der Waals surface area contributed by atoms with Gasteiger partial charge in [0.25, 0.3) is 0 Å². The van der Waals surface area contributed by atoms with E-state index in [1.54, 1.807) is 19.2 Å². The van der Waals surface area contributed by atoms with Gasteiger partial charge in [-0.05, 0) is 76.5 Å². The molecule has 2 aromatic carbocycles. The number of aromatic hydroxyl groups is 1. The Morgan fingerprint density at radius 1 is 1.07 bits per heavy atom. The maximum Gasteiger partial charge on any atom is 0.182 e. The zero-order valence-corrected chi connectivity index (χ0v) is 24.4. The first-order valence-corrected chi connectivity index (χ1v) is 15.0. The number of nitrogens with one attached hydrogen (secondary N) is 1. The lowest BCUT2D eigenvalue weighted by Crippen LogP contribution is -2.47. The first kappa shape index (κ1) is 28.0. The number of hydrogen-bond donors (Lipinski definition) is 2. The fourth-order valence-electron chi connectivity index (χ4n) is 6.46. The molecule has 6 rings (SSSR count). The Morgan fingerprint density at radius 2 is 1.85 bits per heavy atom. The molecule has 4 heterocycles. The summed E-state index contributed by atoms with van der Waals surface area (Å²) in [6.45, 7) is 7.77. The van der Waals surface area contributed by atoms with Crippen LogP contribution in [0.1, 0.15) is 44.7 Å². The highest BCUT2D eigenvalue weighted by molar-refractivity contribution is 6.32. The number of ether oxygens (including phenoxy) is 2. The molecule has 2 fully saturated rings. The monoisotopic (exact) mass is 581 g/mol. The van der Waals surface area contributed by atoms with Crippen molar-refractivity contribution in [1.29, 1.82) is 0 Å². The molecule has 0 saturated carbocycles. The lowest BCUT2D eigenvalue weighted by molar-refractivity contribution is 0.0855. The second-order valence-corrected chi connectivity index (χ2v) is 11.4. The van der Waals surface area contributed by atoms with E-state index in [9.17, 15) is 5.11 Å². The van der Waals surface area contributed by atoms with Crippen molar-refractivity contribution < 1.29 is 19.0 Å². The highest BCUT2D eigenvalue weighted by atomic mass is 35.5. The number of likely N-dealkylation sites (tertiary alicyclic amines) is 2. The third-order valence-electron chi connectivity index (χ3n) is 8.63. The van der Waals surface area contributed by atoms with Gasteiger partial charge in [0.2, 0.25) is 0 Å². The second-order valence-electron chi connectivity index (χ2n) is 11.0. The molecule has 0 unspecified atom stereocenters. The Bertz CT molecular complexity index is 1550. The van der Waals surface area contributed by atoms with Gasteiger partial charge in [-0.1, -0.05) is 24.9 Å². The Labute approximate surface area is 244 Å². The van der Waals surface area contributed by atoms with Crippen molar-refractivity contribution in [2.45, 2.75) is 51.5 Å². The summed E-state index contributed by atoms with van der Waals surface area (Å²) < 4.78 is 28.2. The highest BCUT2D eigenvalue weighted by Crippen LogP contribution is 2.45. The highest BCUT2D eigenvalue weighted by Gasteiger charge is 2.27. The van der Waals surface area contributed by atoms with Gasteiger partial charge in [0.15, 0.2) is 17.1 Å². The number of nitrogens with zero attached hydrogens (tertiary/aromatic N) is 4. The topological polar surface area (TPSA) is 86.7 Å². The minimum atomic E-state index is -0.477. The average molecular weight is 582 g/mol. The van der Waals surface area contributed by atoms with Crippen molar-refractivity contribution in [1.82, 2.24) is 25.0 Å². The first-order valence-electron chi connectivity index (χ1n) is 14.6. The van der Waals surface area contributed by atoms with E-state index in [4.69, 9.17) is 26.1 Å². The molecule has 2 saturated heterocycles. The van der Waals surface area contributed by atoms with Crippen LogP contribution >= 0.6 is 11.6 Å². The number of aryl methyl sites for hydroxylation is 1. The van der Waals surface area contributed by atoms with Crippen LogP contribution < -0.4 is 9.47 Å². The fourth-order valence-corrected chi connectivity index (χ4v) is 6.64. The predicted molar refractivity (Wildman–Crippen MR) is 160 cm³/mol. The van der Waals surface area contributed by atoms with Crippen LogP contribution in [0.2, 0.25) is 5.02 Å². The van der Waals surface area contributed by atoms with Gasteiger partial charge in [-0.15, -0.1) is 0 Å². The van der Waals surface area contributed by atoms with E-state index in [-0.39, 0.29) is 10.8 Å². The molecule has 2 N–H and O–H groups in total. The summed E-state index contributed by atoms with van der Waals surface area (Å²) in [4.78, 5) is 9.82. The number of piperidine rings is 2. The van der Waals surface area contributed by atoms with E-state index in [1.165, 1.54) is 57.3 Å². The molecule has 0 bridgehead atoms. The van der Waals surface area contributed by atoms with Crippen molar-refractivity contribution in [3.05, 3.63) is 40.8 Å². The summed E-state index contributed by atoms with van der Waals surface area (Å²) in [6, 6.07) is 6.78. The lowest BCUT2D eigenvalue weighted by Gasteiger charge is -2.40. The smallest absolute Gasteiger partial charge is 0.182 e. The molecule has 2 aromatic heterocycles. The van der Waals surface area contributed by atoms with Crippen molar-refractivity contribution in [3.63, 3.8) is 0 Å². The summed E-state index contributed by atoms with van der Waals surface area (Å²) >= 11 is 6.21. The predicted octanol–water partition coefficient (Wildman–Crippen LogP) is 6.18. The standard InChI is InChI=1S/C31H37ClFN5O3/c1-3-23-27-28-26(29(34-31(27)36-35-23)19-7-8-24(39)21(32)17-19)22(33)18-25(30(28)40-2)41-16-15-37-13-9-20(10-14-37)38-11-5-4-6-12-38/h7-8,17-18,20,39H,3-6,9-16H2,1-2H3,(H,34,35,36). The first-order chi connectivity index (χ1) is 20.0. The van der Waals surface area contributed by atoms with E-state index in [0.717, 1.165) is 25.3 Å². The van der Waals surface area contributed by atoms with Gasteiger partial charge >= 0.3 is 0 Å². The van der Waals surface area contributed by atoms with Crippen LogP contribution in [0.5, 0.6) is 17.2 Å².